The molecule has 2 heterocycles. The zero-order valence-electron chi connectivity index (χ0n) is 14.3. The van der Waals surface area contributed by atoms with E-state index in [1.807, 2.05) is 18.2 Å². The number of hydrogen-bond acceptors (Lipinski definition) is 3. The van der Waals surface area contributed by atoms with Gasteiger partial charge < -0.3 is 14.0 Å². The highest BCUT2D eigenvalue weighted by molar-refractivity contribution is 5.34. The van der Waals surface area contributed by atoms with Crippen LogP contribution in [-0.2, 0) is 11.3 Å². The average molecular weight is 334 g/mol. The van der Waals surface area contributed by atoms with Gasteiger partial charge in [-0.05, 0) is 35.9 Å². The Morgan fingerprint density at radius 2 is 1.84 bits per heavy atom. The number of para-hydroxylation sites is 1. The minimum absolute atomic E-state index is 0.00654. The number of aromatic nitrogens is 1. The summed E-state index contributed by atoms with van der Waals surface area (Å²) >= 11 is 0. The third-order valence-electron chi connectivity index (χ3n) is 4.59. The van der Waals surface area contributed by atoms with Crippen LogP contribution >= 0.6 is 0 Å². The largest absolute Gasteiger partial charge is 0.497 e. The van der Waals surface area contributed by atoms with Gasteiger partial charge >= 0.3 is 0 Å². The third kappa shape index (κ3) is 3.45. The molecule has 0 amide bonds. The first-order valence-corrected chi connectivity index (χ1v) is 8.55. The standard InChI is InChI=1S/C21H22N2O2/c1-24-20-9-7-17(8-10-20)15-23-13-14-25-21(23)18-11-12-22(16-18)19-5-3-2-4-6-19/h2-12,16,21H,13-15H2,1H3/t21-/m1/s1. The van der Waals surface area contributed by atoms with E-state index in [1.54, 1.807) is 7.11 Å². The Labute approximate surface area is 148 Å². The van der Waals surface area contributed by atoms with Gasteiger partial charge in [-0.3, -0.25) is 4.90 Å². The number of ether oxygens (including phenoxy) is 2. The van der Waals surface area contributed by atoms with Crippen molar-refractivity contribution in [2.75, 3.05) is 20.3 Å². The second kappa shape index (κ2) is 7.13. The van der Waals surface area contributed by atoms with Crippen molar-refractivity contribution in [2.24, 2.45) is 0 Å². The average Bonchev–Trinajstić information content (AvgIpc) is 3.32. The molecule has 25 heavy (non-hydrogen) atoms. The van der Waals surface area contributed by atoms with Crippen molar-refractivity contribution in [2.45, 2.75) is 12.8 Å². The summed E-state index contributed by atoms with van der Waals surface area (Å²) in [4.78, 5) is 2.37. The second-order valence-corrected chi connectivity index (χ2v) is 6.23. The maximum atomic E-state index is 6.01. The topological polar surface area (TPSA) is 26.6 Å². The maximum Gasteiger partial charge on any atom is 0.138 e. The normalized spacial score (nSPS) is 17.7. The van der Waals surface area contributed by atoms with Crippen LogP contribution in [0, 0.1) is 0 Å². The second-order valence-electron chi connectivity index (χ2n) is 6.23. The Kier molecular flexibility index (Phi) is 4.55. The van der Waals surface area contributed by atoms with E-state index in [2.05, 4.69) is 64.3 Å². The Morgan fingerprint density at radius 3 is 2.60 bits per heavy atom. The summed E-state index contributed by atoms with van der Waals surface area (Å²) in [5.74, 6) is 0.887. The van der Waals surface area contributed by atoms with E-state index in [-0.39, 0.29) is 6.23 Å². The monoisotopic (exact) mass is 334 g/mol. The molecule has 1 aliphatic rings. The van der Waals surface area contributed by atoms with E-state index in [9.17, 15) is 0 Å². The van der Waals surface area contributed by atoms with Gasteiger partial charge in [0.05, 0.1) is 13.7 Å². The highest BCUT2D eigenvalue weighted by Crippen LogP contribution is 2.29. The van der Waals surface area contributed by atoms with Gasteiger partial charge in [0, 0.05) is 36.7 Å². The van der Waals surface area contributed by atoms with E-state index in [1.165, 1.54) is 11.1 Å². The summed E-state index contributed by atoms with van der Waals surface area (Å²) in [6.07, 6.45) is 4.26. The zero-order valence-corrected chi connectivity index (χ0v) is 14.3. The Morgan fingerprint density at radius 1 is 1.04 bits per heavy atom. The predicted octanol–water partition coefficient (Wildman–Crippen LogP) is 4.02. The predicted molar refractivity (Wildman–Crippen MR) is 97.9 cm³/mol. The number of hydrogen-bond donors (Lipinski definition) is 0. The van der Waals surface area contributed by atoms with Gasteiger partial charge in [-0.25, -0.2) is 0 Å². The molecule has 1 aliphatic heterocycles. The van der Waals surface area contributed by atoms with Gasteiger partial charge in [-0.2, -0.15) is 0 Å². The minimum atomic E-state index is 0.00654. The lowest BCUT2D eigenvalue weighted by Crippen LogP contribution is -2.23. The molecule has 1 aromatic heterocycles. The number of rotatable bonds is 5. The van der Waals surface area contributed by atoms with E-state index < -0.39 is 0 Å². The van der Waals surface area contributed by atoms with Crippen LogP contribution < -0.4 is 4.74 Å². The molecule has 4 nitrogen and oxygen atoms in total. The lowest BCUT2D eigenvalue weighted by molar-refractivity contribution is 0.0288. The van der Waals surface area contributed by atoms with Gasteiger partial charge in [-0.1, -0.05) is 30.3 Å². The molecule has 0 radical (unpaired) electrons. The Balaban J connectivity index is 1.50. The molecule has 2 aromatic carbocycles. The Hall–Kier alpha value is -2.56. The van der Waals surface area contributed by atoms with E-state index in [0.717, 1.165) is 31.1 Å². The van der Waals surface area contributed by atoms with Crippen LogP contribution in [0.15, 0.2) is 73.1 Å². The third-order valence-corrected chi connectivity index (χ3v) is 4.59. The van der Waals surface area contributed by atoms with Crippen LogP contribution in [0.25, 0.3) is 5.69 Å². The fourth-order valence-corrected chi connectivity index (χ4v) is 3.26. The zero-order chi connectivity index (χ0) is 17.1. The molecule has 0 N–H and O–H groups in total. The summed E-state index contributed by atoms with van der Waals surface area (Å²) in [6, 6.07) is 20.7. The highest BCUT2D eigenvalue weighted by atomic mass is 16.5. The van der Waals surface area contributed by atoms with Crippen LogP contribution in [-0.4, -0.2) is 29.7 Å². The van der Waals surface area contributed by atoms with Crippen molar-refractivity contribution in [3.63, 3.8) is 0 Å². The van der Waals surface area contributed by atoms with E-state index >= 15 is 0 Å². The van der Waals surface area contributed by atoms with Crippen LogP contribution in [0.4, 0.5) is 0 Å². The highest BCUT2D eigenvalue weighted by Gasteiger charge is 2.27. The van der Waals surface area contributed by atoms with Crippen LogP contribution in [0.3, 0.4) is 0 Å². The first-order valence-electron chi connectivity index (χ1n) is 8.55. The number of benzene rings is 2. The summed E-state index contributed by atoms with van der Waals surface area (Å²) < 4.78 is 13.4. The number of methoxy groups -OCH3 is 1. The van der Waals surface area contributed by atoms with Gasteiger partial charge in [0.2, 0.25) is 0 Å². The van der Waals surface area contributed by atoms with Crippen LogP contribution in [0.1, 0.15) is 17.4 Å². The number of nitrogens with zero attached hydrogens (tertiary/aromatic N) is 2. The summed E-state index contributed by atoms with van der Waals surface area (Å²) in [7, 11) is 1.69. The first kappa shape index (κ1) is 15.9. The van der Waals surface area contributed by atoms with Crippen molar-refractivity contribution in [1.29, 1.82) is 0 Å². The summed E-state index contributed by atoms with van der Waals surface area (Å²) in [5, 5.41) is 0. The van der Waals surface area contributed by atoms with Crippen molar-refractivity contribution in [3.8, 4) is 11.4 Å². The van der Waals surface area contributed by atoms with Gasteiger partial charge in [0.15, 0.2) is 0 Å². The maximum absolute atomic E-state index is 6.01. The SMILES string of the molecule is COc1ccc(CN2CCO[C@@H]2c2ccn(-c3ccccc3)c2)cc1. The van der Waals surface area contributed by atoms with E-state index in [0.29, 0.717) is 0 Å². The van der Waals surface area contributed by atoms with Gasteiger partial charge in [0.1, 0.15) is 12.0 Å². The molecule has 128 valence electrons. The van der Waals surface area contributed by atoms with E-state index in [4.69, 9.17) is 9.47 Å². The van der Waals surface area contributed by atoms with Crippen molar-refractivity contribution < 1.29 is 9.47 Å². The summed E-state index contributed by atoms with van der Waals surface area (Å²) in [6.45, 7) is 2.57. The molecule has 0 aliphatic carbocycles. The quantitative estimate of drug-likeness (QED) is 0.705. The lowest BCUT2D eigenvalue weighted by atomic mass is 10.2. The Bertz CT molecular complexity index is 811. The molecule has 1 atom stereocenters. The van der Waals surface area contributed by atoms with Crippen LogP contribution in [0.2, 0.25) is 0 Å². The van der Waals surface area contributed by atoms with Gasteiger partial charge in [-0.15, -0.1) is 0 Å². The molecule has 0 saturated carbocycles. The van der Waals surface area contributed by atoms with Crippen LogP contribution in [0.5, 0.6) is 5.75 Å². The van der Waals surface area contributed by atoms with Crippen molar-refractivity contribution in [3.05, 3.63) is 84.2 Å². The molecule has 0 spiro atoms. The van der Waals surface area contributed by atoms with Gasteiger partial charge in [0.25, 0.3) is 0 Å². The molecular formula is C21H22N2O2. The molecule has 4 heteroatoms. The first-order chi connectivity index (χ1) is 12.3. The van der Waals surface area contributed by atoms with Crippen molar-refractivity contribution in [1.82, 2.24) is 9.47 Å². The molecular weight excluding hydrogens is 312 g/mol. The smallest absolute Gasteiger partial charge is 0.138 e. The minimum Gasteiger partial charge on any atom is -0.497 e. The molecule has 3 aromatic rings. The molecule has 1 fully saturated rings. The fourth-order valence-electron chi connectivity index (χ4n) is 3.26. The summed E-state index contributed by atoms with van der Waals surface area (Å²) in [5.41, 5.74) is 3.61. The molecule has 4 rings (SSSR count). The molecule has 1 saturated heterocycles. The molecule has 0 unspecified atom stereocenters. The fraction of sp³-hybridized carbons (Fsp3) is 0.238. The molecule has 0 bridgehead atoms. The lowest BCUT2D eigenvalue weighted by Gasteiger charge is -2.22. The van der Waals surface area contributed by atoms with Crippen molar-refractivity contribution >= 4 is 0 Å².